The predicted molar refractivity (Wildman–Crippen MR) is 73.3 cm³/mol. The lowest BCUT2D eigenvalue weighted by Gasteiger charge is -2.20. The van der Waals surface area contributed by atoms with Gasteiger partial charge < -0.3 is 10.6 Å². The molecule has 2 rings (SSSR count). The third-order valence-corrected chi connectivity index (χ3v) is 3.72. The Morgan fingerprint density at radius 1 is 1.50 bits per heavy atom. The molecule has 1 amide bonds. The quantitative estimate of drug-likeness (QED) is 0.858. The summed E-state index contributed by atoms with van der Waals surface area (Å²) in [6, 6.07) is 8.31. The summed E-state index contributed by atoms with van der Waals surface area (Å²) in [6.45, 7) is 7.17. The molecule has 18 heavy (non-hydrogen) atoms. The molecule has 1 fully saturated rings. The summed E-state index contributed by atoms with van der Waals surface area (Å²) < 4.78 is 0. The van der Waals surface area contributed by atoms with E-state index in [9.17, 15) is 4.79 Å². The molecule has 1 heterocycles. The average molecular weight is 246 g/mol. The van der Waals surface area contributed by atoms with Crippen molar-refractivity contribution < 1.29 is 4.79 Å². The van der Waals surface area contributed by atoms with Crippen LogP contribution in [-0.4, -0.2) is 18.5 Å². The lowest BCUT2D eigenvalue weighted by atomic mass is 10.0. The Kier molecular flexibility index (Phi) is 4.02. The van der Waals surface area contributed by atoms with Gasteiger partial charge in [0.15, 0.2) is 0 Å². The first kappa shape index (κ1) is 13.1. The zero-order chi connectivity index (χ0) is 13.1. The zero-order valence-electron chi connectivity index (χ0n) is 11.4. The minimum atomic E-state index is -0.0303. The van der Waals surface area contributed by atoms with Gasteiger partial charge in [-0.1, -0.05) is 36.8 Å². The van der Waals surface area contributed by atoms with Crippen molar-refractivity contribution in [2.75, 3.05) is 6.54 Å². The van der Waals surface area contributed by atoms with Crippen LogP contribution < -0.4 is 10.6 Å². The molecule has 98 valence electrons. The van der Waals surface area contributed by atoms with Gasteiger partial charge in [-0.15, -0.1) is 0 Å². The lowest BCUT2D eigenvalue weighted by Crippen LogP contribution is -2.44. The van der Waals surface area contributed by atoms with E-state index in [-0.39, 0.29) is 18.0 Å². The van der Waals surface area contributed by atoms with E-state index in [2.05, 4.69) is 42.7 Å². The van der Waals surface area contributed by atoms with Crippen LogP contribution in [-0.2, 0) is 4.79 Å². The number of nitrogens with one attached hydrogen (secondary N) is 2. The van der Waals surface area contributed by atoms with Crippen molar-refractivity contribution in [2.24, 2.45) is 5.92 Å². The van der Waals surface area contributed by atoms with Gasteiger partial charge in [0, 0.05) is 0 Å². The third kappa shape index (κ3) is 2.91. The third-order valence-electron chi connectivity index (χ3n) is 3.72. The highest BCUT2D eigenvalue weighted by Crippen LogP contribution is 2.17. The summed E-state index contributed by atoms with van der Waals surface area (Å²) in [7, 11) is 0. The van der Waals surface area contributed by atoms with E-state index in [1.807, 2.05) is 13.0 Å². The van der Waals surface area contributed by atoms with Gasteiger partial charge in [-0.25, -0.2) is 0 Å². The van der Waals surface area contributed by atoms with Gasteiger partial charge >= 0.3 is 0 Å². The van der Waals surface area contributed by atoms with Crippen molar-refractivity contribution in [3.63, 3.8) is 0 Å². The minimum Gasteiger partial charge on any atom is -0.348 e. The van der Waals surface area contributed by atoms with Crippen LogP contribution in [0.15, 0.2) is 24.3 Å². The topological polar surface area (TPSA) is 41.1 Å². The molecular weight excluding hydrogens is 224 g/mol. The van der Waals surface area contributed by atoms with Crippen LogP contribution in [0.1, 0.15) is 37.4 Å². The molecule has 1 aliphatic heterocycles. The second-order valence-corrected chi connectivity index (χ2v) is 5.34. The van der Waals surface area contributed by atoms with E-state index >= 15 is 0 Å². The SMILES string of the molecule is Cc1cccc([C@H](C)NC(=O)C2NCCC2C)c1. The van der Waals surface area contributed by atoms with Gasteiger partial charge in [-0.2, -0.15) is 0 Å². The second-order valence-electron chi connectivity index (χ2n) is 5.34. The van der Waals surface area contributed by atoms with Crippen molar-refractivity contribution in [3.8, 4) is 0 Å². The first-order valence-electron chi connectivity index (χ1n) is 6.68. The Hall–Kier alpha value is -1.35. The largest absolute Gasteiger partial charge is 0.348 e. The molecule has 0 aliphatic carbocycles. The first-order chi connectivity index (χ1) is 8.58. The fraction of sp³-hybridized carbons (Fsp3) is 0.533. The molecule has 3 nitrogen and oxygen atoms in total. The summed E-state index contributed by atoms with van der Waals surface area (Å²) in [5.41, 5.74) is 2.38. The normalized spacial score (nSPS) is 24.8. The molecule has 3 atom stereocenters. The number of rotatable bonds is 3. The molecule has 1 aromatic rings. The Labute approximate surface area is 109 Å². The maximum atomic E-state index is 12.2. The van der Waals surface area contributed by atoms with Gasteiger partial charge in [0.25, 0.3) is 0 Å². The van der Waals surface area contributed by atoms with Crippen LogP contribution in [0, 0.1) is 12.8 Å². The van der Waals surface area contributed by atoms with Crippen LogP contribution in [0.2, 0.25) is 0 Å². The van der Waals surface area contributed by atoms with Gasteiger partial charge in [0.1, 0.15) is 0 Å². The maximum Gasteiger partial charge on any atom is 0.237 e. The summed E-state index contributed by atoms with van der Waals surface area (Å²) >= 11 is 0. The molecule has 0 saturated carbocycles. The van der Waals surface area contributed by atoms with Gasteiger partial charge in [-0.3, -0.25) is 4.79 Å². The van der Waals surface area contributed by atoms with Crippen molar-refractivity contribution in [2.45, 2.75) is 39.3 Å². The molecule has 0 spiro atoms. The molecule has 1 saturated heterocycles. The number of hydrogen-bond acceptors (Lipinski definition) is 2. The zero-order valence-corrected chi connectivity index (χ0v) is 11.4. The van der Waals surface area contributed by atoms with E-state index in [1.54, 1.807) is 0 Å². The second kappa shape index (κ2) is 5.53. The number of carbonyl (C=O) groups excluding carboxylic acids is 1. The fourth-order valence-electron chi connectivity index (χ4n) is 2.51. The highest BCUT2D eigenvalue weighted by Gasteiger charge is 2.29. The van der Waals surface area contributed by atoms with Gasteiger partial charge in [-0.05, 0) is 38.3 Å². The number of amides is 1. The number of hydrogen-bond donors (Lipinski definition) is 2. The van der Waals surface area contributed by atoms with E-state index in [4.69, 9.17) is 0 Å². The van der Waals surface area contributed by atoms with Gasteiger partial charge in [0.2, 0.25) is 5.91 Å². The Balaban J connectivity index is 1.98. The highest BCUT2D eigenvalue weighted by atomic mass is 16.2. The summed E-state index contributed by atoms with van der Waals surface area (Å²) in [4.78, 5) is 12.2. The molecule has 3 heteroatoms. The van der Waals surface area contributed by atoms with Gasteiger partial charge in [0.05, 0.1) is 12.1 Å². The fourth-order valence-corrected chi connectivity index (χ4v) is 2.51. The smallest absolute Gasteiger partial charge is 0.237 e. The molecule has 2 N–H and O–H groups in total. The minimum absolute atomic E-state index is 0.0303. The lowest BCUT2D eigenvalue weighted by molar-refractivity contribution is -0.124. The van der Waals surface area contributed by atoms with Crippen LogP contribution in [0.25, 0.3) is 0 Å². The summed E-state index contributed by atoms with van der Waals surface area (Å²) in [6.07, 6.45) is 1.08. The van der Waals surface area contributed by atoms with Crippen LogP contribution in [0.3, 0.4) is 0 Å². The van der Waals surface area contributed by atoms with Crippen LogP contribution in [0.5, 0.6) is 0 Å². The molecule has 0 aromatic heterocycles. The predicted octanol–water partition coefficient (Wildman–Crippen LogP) is 2.17. The Morgan fingerprint density at radius 2 is 2.28 bits per heavy atom. The standard InChI is InChI=1S/C15H22N2O/c1-10-5-4-6-13(9-10)12(3)17-15(18)14-11(2)7-8-16-14/h4-6,9,11-12,14,16H,7-8H2,1-3H3,(H,17,18)/t11?,12-,14?/m0/s1. The van der Waals surface area contributed by atoms with Crippen molar-refractivity contribution in [3.05, 3.63) is 35.4 Å². The number of aryl methyl sites for hydroxylation is 1. The molecule has 2 unspecified atom stereocenters. The average Bonchev–Trinajstić information content (AvgIpc) is 2.75. The van der Waals surface area contributed by atoms with Crippen molar-refractivity contribution in [1.82, 2.24) is 10.6 Å². The van der Waals surface area contributed by atoms with E-state index < -0.39 is 0 Å². The number of carbonyl (C=O) groups is 1. The van der Waals surface area contributed by atoms with Crippen LogP contribution >= 0.6 is 0 Å². The Bertz CT molecular complexity index is 430. The van der Waals surface area contributed by atoms with E-state index in [1.165, 1.54) is 5.56 Å². The maximum absolute atomic E-state index is 12.2. The Morgan fingerprint density at radius 3 is 2.89 bits per heavy atom. The molecule has 1 aliphatic rings. The van der Waals surface area contributed by atoms with Crippen LogP contribution in [0.4, 0.5) is 0 Å². The van der Waals surface area contributed by atoms with Crippen molar-refractivity contribution >= 4 is 5.91 Å². The molecule has 1 aromatic carbocycles. The summed E-state index contributed by atoms with van der Waals surface area (Å²) in [5.74, 6) is 0.545. The first-order valence-corrected chi connectivity index (χ1v) is 6.68. The number of benzene rings is 1. The van der Waals surface area contributed by atoms with Crippen molar-refractivity contribution in [1.29, 1.82) is 0 Å². The molecule has 0 radical (unpaired) electrons. The highest BCUT2D eigenvalue weighted by molar-refractivity contribution is 5.82. The van der Waals surface area contributed by atoms with E-state index in [0.29, 0.717) is 5.92 Å². The molecular formula is C15H22N2O. The van der Waals surface area contributed by atoms with E-state index in [0.717, 1.165) is 18.5 Å². The summed E-state index contributed by atoms with van der Waals surface area (Å²) in [5, 5.41) is 6.36. The molecule has 0 bridgehead atoms. The monoisotopic (exact) mass is 246 g/mol.